The topological polar surface area (TPSA) is 88.5 Å². The second kappa shape index (κ2) is 5.08. The number of rotatable bonds is 3. The smallest absolute Gasteiger partial charge is 0.140 e. The highest BCUT2D eigenvalue weighted by molar-refractivity contribution is 5.83. The molecule has 0 aliphatic heterocycles. The van der Waals surface area contributed by atoms with Gasteiger partial charge in [0.05, 0.1) is 0 Å². The van der Waals surface area contributed by atoms with Gasteiger partial charge >= 0.3 is 0 Å². The fourth-order valence-corrected chi connectivity index (χ4v) is 1.12. The Labute approximate surface area is 83.1 Å². The molecule has 1 aromatic carbocycles. The molecule has 0 amide bonds. The zero-order valence-corrected chi connectivity index (χ0v) is 8.12. The molecule has 5 heteroatoms. The molecule has 6 N–H and O–H groups in total. The molecule has 0 saturated carbocycles. The molecule has 0 aliphatic carbocycles. The van der Waals surface area contributed by atoms with E-state index in [1.807, 2.05) is 31.3 Å². The summed E-state index contributed by atoms with van der Waals surface area (Å²) in [6, 6.07) is 7.96. The lowest BCUT2D eigenvalue weighted by atomic mass is 10.1. The molecule has 0 bridgehead atoms. The average Bonchev–Trinajstić information content (AvgIpc) is 2.26. The van der Waals surface area contributed by atoms with Gasteiger partial charge in [-0.05, 0) is 17.7 Å². The van der Waals surface area contributed by atoms with E-state index in [4.69, 9.17) is 11.7 Å². The van der Waals surface area contributed by atoms with Gasteiger partial charge in [0.25, 0.3) is 0 Å². The molecule has 5 nitrogen and oxygen atoms in total. The van der Waals surface area contributed by atoms with Crippen LogP contribution in [-0.2, 0) is 6.42 Å². The first kappa shape index (κ1) is 10.3. The van der Waals surface area contributed by atoms with Gasteiger partial charge in [-0.1, -0.05) is 12.1 Å². The number of benzene rings is 1. The van der Waals surface area contributed by atoms with Crippen LogP contribution >= 0.6 is 0 Å². The van der Waals surface area contributed by atoms with Crippen LogP contribution in [0.5, 0.6) is 0 Å². The Kier molecular flexibility index (Phi) is 3.75. The Morgan fingerprint density at radius 3 is 2.43 bits per heavy atom. The SMILES string of the molecule is CNc1ccc(C/C(=N/N)NN)cc1. The van der Waals surface area contributed by atoms with Crippen molar-refractivity contribution in [3.8, 4) is 0 Å². The molecular formula is C9H15N5. The van der Waals surface area contributed by atoms with Gasteiger partial charge in [-0.25, -0.2) is 5.84 Å². The summed E-state index contributed by atoms with van der Waals surface area (Å²) >= 11 is 0. The highest BCUT2D eigenvalue weighted by Crippen LogP contribution is 2.08. The normalized spacial score (nSPS) is 11.1. The highest BCUT2D eigenvalue weighted by atomic mass is 15.3. The van der Waals surface area contributed by atoms with Crippen molar-refractivity contribution >= 4 is 11.5 Å². The summed E-state index contributed by atoms with van der Waals surface area (Å²) in [6.07, 6.45) is 0.608. The number of nitrogens with two attached hydrogens (primary N) is 2. The van der Waals surface area contributed by atoms with Crippen LogP contribution in [0.3, 0.4) is 0 Å². The average molecular weight is 193 g/mol. The number of hydrazone groups is 1. The van der Waals surface area contributed by atoms with Gasteiger partial charge < -0.3 is 16.6 Å². The fraction of sp³-hybridized carbons (Fsp3) is 0.222. The number of anilines is 1. The maximum absolute atomic E-state index is 5.21. The minimum atomic E-state index is 0.558. The summed E-state index contributed by atoms with van der Waals surface area (Å²) in [5.74, 6) is 10.9. The molecule has 1 rings (SSSR count). The number of hydrogen-bond donors (Lipinski definition) is 4. The standard InChI is InChI=1S/C9H15N5/c1-12-8-4-2-7(3-5-8)6-9(13-10)14-11/h2-5,12H,6,10-11H2,1H3,(H,13,14). The van der Waals surface area contributed by atoms with Crippen LogP contribution in [0.25, 0.3) is 0 Å². The lowest BCUT2D eigenvalue weighted by molar-refractivity contribution is 0.967. The zero-order chi connectivity index (χ0) is 10.4. The predicted octanol–water partition coefficient (Wildman–Crippen LogP) is 0.00630. The van der Waals surface area contributed by atoms with E-state index in [0.29, 0.717) is 12.3 Å². The summed E-state index contributed by atoms with van der Waals surface area (Å²) in [4.78, 5) is 0. The van der Waals surface area contributed by atoms with E-state index >= 15 is 0 Å². The molecule has 14 heavy (non-hydrogen) atoms. The predicted molar refractivity (Wildman–Crippen MR) is 58.6 cm³/mol. The Bertz CT molecular complexity index is 303. The van der Waals surface area contributed by atoms with Crippen LogP contribution < -0.4 is 22.4 Å². The van der Waals surface area contributed by atoms with Crippen molar-refractivity contribution in [2.45, 2.75) is 6.42 Å². The summed E-state index contributed by atoms with van der Waals surface area (Å²) in [6.45, 7) is 0. The molecule has 0 spiro atoms. The van der Waals surface area contributed by atoms with Crippen LogP contribution in [0.2, 0.25) is 0 Å². The highest BCUT2D eigenvalue weighted by Gasteiger charge is 1.98. The van der Waals surface area contributed by atoms with E-state index in [0.717, 1.165) is 11.3 Å². The number of nitrogens with one attached hydrogen (secondary N) is 2. The van der Waals surface area contributed by atoms with Gasteiger partial charge in [0.2, 0.25) is 0 Å². The minimum absolute atomic E-state index is 0.558. The zero-order valence-electron chi connectivity index (χ0n) is 8.12. The van der Waals surface area contributed by atoms with E-state index in [9.17, 15) is 0 Å². The summed E-state index contributed by atoms with van der Waals surface area (Å²) in [5.41, 5.74) is 4.61. The van der Waals surface area contributed by atoms with Gasteiger partial charge in [-0.2, -0.15) is 5.10 Å². The van der Waals surface area contributed by atoms with Crippen LogP contribution in [0.15, 0.2) is 29.4 Å². The molecule has 0 heterocycles. The first-order valence-corrected chi connectivity index (χ1v) is 4.30. The van der Waals surface area contributed by atoms with Gasteiger partial charge in [0, 0.05) is 19.2 Å². The van der Waals surface area contributed by atoms with E-state index in [-0.39, 0.29) is 0 Å². The van der Waals surface area contributed by atoms with Crippen LogP contribution in [0, 0.1) is 0 Å². The first-order valence-electron chi connectivity index (χ1n) is 4.30. The van der Waals surface area contributed by atoms with Crippen LogP contribution in [0.4, 0.5) is 5.69 Å². The van der Waals surface area contributed by atoms with Gasteiger partial charge in [-0.15, -0.1) is 0 Å². The molecule has 1 aromatic rings. The Morgan fingerprint density at radius 1 is 1.36 bits per heavy atom. The quantitative estimate of drug-likeness (QED) is 0.235. The molecule has 0 unspecified atom stereocenters. The Morgan fingerprint density at radius 2 is 2.00 bits per heavy atom. The van der Waals surface area contributed by atoms with E-state index in [1.165, 1.54) is 0 Å². The molecular weight excluding hydrogens is 178 g/mol. The molecule has 0 aromatic heterocycles. The largest absolute Gasteiger partial charge is 0.388 e. The Hall–Kier alpha value is -1.75. The lowest BCUT2D eigenvalue weighted by Crippen LogP contribution is -2.32. The van der Waals surface area contributed by atoms with Crippen molar-refractivity contribution in [1.82, 2.24) is 5.43 Å². The summed E-state index contributed by atoms with van der Waals surface area (Å²) in [7, 11) is 1.88. The second-order valence-corrected chi connectivity index (χ2v) is 2.84. The van der Waals surface area contributed by atoms with Crippen molar-refractivity contribution in [2.75, 3.05) is 12.4 Å². The van der Waals surface area contributed by atoms with E-state index in [1.54, 1.807) is 0 Å². The molecule has 0 fully saturated rings. The van der Waals surface area contributed by atoms with Gasteiger partial charge in [0.15, 0.2) is 0 Å². The number of amidine groups is 1. The second-order valence-electron chi connectivity index (χ2n) is 2.84. The first-order chi connectivity index (χ1) is 6.80. The third kappa shape index (κ3) is 2.63. The van der Waals surface area contributed by atoms with Crippen molar-refractivity contribution in [1.29, 1.82) is 0 Å². The lowest BCUT2D eigenvalue weighted by Gasteiger charge is -2.05. The maximum atomic E-state index is 5.21. The van der Waals surface area contributed by atoms with E-state index in [2.05, 4.69) is 15.8 Å². The van der Waals surface area contributed by atoms with Crippen molar-refractivity contribution in [3.05, 3.63) is 29.8 Å². The third-order valence-corrected chi connectivity index (χ3v) is 1.94. The summed E-state index contributed by atoms with van der Waals surface area (Å²) < 4.78 is 0. The maximum Gasteiger partial charge on any atom is 0.140 e. The summed E-state index contributed by atoms with van der Waals surface area (Å²) in [5, 5.41) is 6.55. The minimum Gasteiger partial charge on any atom is -0.388 e. The molecule has 76 valence electrons. The van der Waals surface area contributed by atoms with Gasteiger partial charge in [0.1, 0.15) is 5.84 Å². The molecule has 0 saturated heterocycles. The third-order valence-electron chi connectivity index (χ3n) is 1.94. The van der Waals surface area contributed by atoms with Crippen molar-refractivity contribution in [2.24, 2.45) is 16.8 Å². The molecule has 0 radical (unpaired) electrons. The molecule has 0 atom stereocenters. The number of hydrazine groups is 1. The monoisotopic (exact) mass is 193 g/mol. The van der Waals surface area contributed by atoms with Crippen LogP contribution in [-0.4, -0.2) is 12.9 Å². The van der Waals surface area contributed by atoms with Crippen molar-refractivity contribution in [3.63, 3.8) is 0 Å². The number of hydrogen-bond acceptors (Lipinski definition) is 4. The van der Waals surface area contributed by atoms with E-state index < -0.39 is 0 Å². The van der Waals surface area contributed by atoms with Crippen LogP contribution in [0.1, 0.15) is 5.56 Å². The molecule has 0 aliphatic rings. The number of nitrogens with zero attached hydrogens (tertiary/aromatic N) is 1. The van der Waals surface area contributed by atoms with Gasteiger partial charge in [-0.3, -0.25) is 0 Å². The fourth-order valence-electron chi connectivity index (χ4n) is 1.12. The Balaban J connectivity index is 2.68. The van der Waals surface area contributed by atoms with Crippen molar-refractivity contribution < 1.29 is 0 Å².